The highest BCUT2D eigenvalue weighted by Gasteiger charge is 2.21. The average Bonchev–Trinajstić information content (AvgIpc) is 2.47. The number of alkyl halides is 2. The summed E-state index contributed by atoms with van der Waals surface area (Å²) in [5, 5.41) is 19.6. The molecule has 0 bridgehead atoms. The molecule has 2 aromatic rings. The zero-order valence-electron chi connectivity index (χ0n) is 11.3. The molecule has 0 aliphatic carbocycles. The van der Waals surface area contributed by atoms with Crippen LogP contribution in [0.5, 0.6) is 11.5 Å². The van der Waals surface area contributed by atoms with Gasteiger partial charge in [-0.05, 0) is 47.9 Å². The molecular weight excluding hydrogens is 311 g/mol. The Morgan fingerprint density at radius 1 is 1.10 bits per heavy atom. The second-order valence-corrected chi connectivity index (χ2v) is 5.70. The summed E-state index contributed by atoms with van der Waals surface area (Å²) in [6.07, 6.45) is 0.794. The smallest absolute Gasteiger partial charge is 0.196 e. The largest absolute Gasteiger partial charge is 0.508 e. The topological polar surface area (TPSA) is 57.5 Å². The molecule has 0 saturated heterocycles. The van der Waals surface area contributed by atoms with Crippen molar-refractivity contribution >= 4 is 29.0 Å². The Hall–Kier alpha value is -1.71. The Morgan fingerprint density at radius 2 is 1.81 bits per heavy atom. The minimum atomic E-state index is -1.23. The number of hydrogen-bond donors (Lipinski definition) is 2. The van der Waals surface area contributed by atoms with Gasteiger partial charge in [0, 0.05) is 11.1 Å². The molecule has 0 aliphatic rings. The second kappa shape index (κ2) is 6.37. The fourth-order valence-electron chi connectivity index (χ4n) is 2.11. The number of ketones is 1. The van der Waals surface area contributed by atoms with Crippen molar-refractivity contribution in [2.75, 3.05) is 0 Å². The molecule has 0 aromatic heterocycles. The fraction of sp³-hybridized carbons (Fsp3) is 0.188. The lowest BCUT2D eigenvalue weighted by Crippen LogP contribution is -2.09. The maximum atomic E-state index is 12.1. The van der Waals surface area contributed by atoms with E-state index in [1.54, 1.807) is 18.2 Å². The predicted molar refractivity (Wildman–Crippen MR) is 84.4 cm³/mol. The van der Waals surface area contributed by atoms with E-state index in [1.165, 1.54) is 12.1 Å². The van der Waals surface area contributed by atoms with E-state index in [4.69, 9.17) is 23.2 Å². The lowest BCUT2D eigenvalue weighted by atomic mass is 9.94. The van der Waals surface area contributed by atoms with Gasteiger partial charge in [0.05, 0.1) is 0 Å². The molecule has 2 rings (SSSR count). The van der Waals surface area contributed by atoms with Crippen LogP contribution < -0.4 is 0 Å². The summed E-state index contributed by atoms with van der Waals surface area (Å²) in [5.41, 5.74) is 2.18. The number of phenols is 2. The Bertz CT molecular complexity index is 681. The highest BCUT2D eigenvalue weighted by molar-refractivity contribution is 6.55. The molecule has 5 heteroatoms. The van der Waals surface area contributed by atoms with E-state index in [1.807, 2.05) is 13.0 Å². The van der Waals surface area contributed by atoms with Crippen LogP contribution in [0.1, 0.15) is 22.8 Å². The van der Waals surface area contributed by atoms with Crippen LogP contribution in [0.2, 0.25) is 0 Å². The second-order valence-electron chi connectivity index (χ2n) is 4.60. The summed E-state index contributed by atoms with van der Waals surface area (Å²) in [5.74, 6) is -0.541. The summed E-state index contributed by atoms with van der Waals surface area (Å²) in [6.45, 7) is 1.99. The molecular formula is C16H14Cl2O3. The summed E-state index contributed by atoms with van der Waals surface area (Å²) in [6, 6.07) is 9.50. The van der Waals surface area contributed by atoms with Crippen molar-refractivity contribution in [1.82, 2.24) is 0 Å². The van der Waals surface area contributed by atoms with Gasteiger partial charge in [0.1, 0.15) is 11.5 Å². The molecule has 110 valence electrons. The monoisotopic (exact) mass is 324 g/mol. The number of aryl methyl sites for hydroxylation is 1. The molecule has 0 aliphatic heterocycles. The predicted octanol–water partition coefficient (Wildman–Crippen LogP) is 4.31. The molecule has 0 atom stereocenters. The van der Waals surface area contributed by atoms with Crippen molar-refractivity contribution in [3.8, 4) is 22.6 Å². The summed E-state index contributed by atoms with van der Waals surface area (Å²) < 4.78 is 0. The van der Waals surface area contributed by atoms with Crippen molar-refractivity contribution in [1.29, 1.82) is 0 Å². The normalized spacial score (nSPS) is 10.9. The highest BCUT2D eigenvalue weighted by atomic mass is 35.5. The number of carbonyl (C=O) groups is 1. The fourth-order valence-corrected chi connectivity index (χ4v) is 2.34. The van der Waals surface area contributed by atoms with Gasteiger partial charge in [0.25, 0.3) is 0 Å². The van der Waals surface area contributed by atoms with E-state index in [2.05, 4.69) is 0 Å². The molecule has 0 spiro atoms. The van der Waals surface area contributed by atoms with Crippen LogP contribution in [-0.2, 0) is 6.42 Å². The molecule has 2 N–H and O–H groups in total. The van der Waals surface area contributed by atoms with Crippen molar-refractivity contribution in [3.63, 3.8) is 0 Å². The lowest BCUT2D eigenvalue weighted by Gasteiger charge is -2.12. The first-order valence-corrected chi connectivity index (χ1v) is 7.29. The summed E-state index contributed by atoms with van der Waals surface area (Å²) in [7, 11) is 0. The van der Waals surface area contributed by atoms with E-state index in [0.717, 1.165) is 12.0 Å². The first kappa shape index (κ1) is 15.7. The quantitative estimate of drug-likeness (QED) is 0.650. The maximum Gasteiger partial charge on any atom is 0.196 e. The molecule has 0 unspecified atom stereocenters. The number of rotatable bonds is 4. The van der Waals surface area contributed by atoms with Gasteiger partial charge in [-0.15, -0.1) is 0 Å². The van der Waals surface area contributed by atoms with Gasteiger partial charge >= 0.3 is 0 Å². The van der Waals surface area contributed by atoms with Gasteiger partial charge in [-0.3, -0.25) is 4.79 Å². The zero-order chi connectivity index (χ0) is 15.6. The van der Waals surface area contributed by atoms with Crippen molar-refractivity contribution < 1.29 is 15.0 Å². The van der Waals surface area contributed by atoms with Crippen LogP contribution in [0.25, 0.3) is 11.1 Å². The van der Waals surface area contributed by atoms with Gasteiger partial charge < -0.3 is 10.2 Å². The molecule has 3 nitrogen and oxygen atoms in total. The third-order valence-electron chi connectivity index (χ3n) is 3.23. The van der Waals surface area contributed by atoms with Crippen LogP contribution >= 0.6 is 23.2 Å². The summed E-state index contributed by atoms with van der Waals surface area (Å²) in [4.78, 5) is 10.9. The third kappa shape index (κ3) is 3.31. The van der Waals surface area contributed by atoms with Gasteiger partial charge in [-0.1, -0.05) is 36.2 Å². The number of phenolic OH excluding ortho intramolecular Hbond substituents is 2. The van der Waals surface area contributed by atoms with Gasteiger partial charge in [0.2, 0.25) is 0 Å². The third-order valence-corrected chi connectivity index (χ3v) is 3.62. The standard InChI is InChI=1S/C16H14Cl2O3/c1-2-9-3-6-14(20)12(7-9)11-5-4-10(19)8-13(11)15(21)16(17)18/h3-8,16,19-20H,2H2,1H3. The Labute approximate surface area is 132 Å². The molecule has 2 aromatic carbocycles. The maximum absolute atomic E-state index is 12.1. The van der Waals surface area contributed by atoms with Crippen molar-refractivity contribution in [2.45, 2.75) is 18.2 Å². The van der Waals surface area contributed by atoms with Crippen LogP contribution in [0.4, 0.5) is 0 Å². The minimum absolute atomic E-state index is 0.0487. The van der Waals surface area contributed by atoms with Crippen molar-refractivity contribution in [2.24, 2.45) is 0 Å². The zero-order valence-corrected chi connectivity index (χ0v) is 12.8. The van der Waals surface area contributed by atoms with Crippen LogP contribution in [0.3, 0.4) is 0 Å². The number of halogens is 2. The lowest BCUT2D eigenvalue weighted by molar-refractivity contribution is 0.101. The molecule has 0 amide bonds. The SMILES string of the molecule is CCc1ccc(O)c(-c2ccc(O)cc2C(=O)C(Cl)Cl)c1. The van der Waals surface area contributed by atoms with Crippen LogP contribution in [0.15, 0.2) is 36.4 Å². The van der Waals surface area contributed by atoms with E-state index in [-0.39, 0.29) is 17.1 Å². The molecule has 0 radical (unpaired) electrons. The first-order chi connectivity index (χ1) is 9.93. The Kier molecular flexibility index (Phi) is 4.76. The molecule has 21 heavy (non-hydrogen) atoms. The molecule has 0 fully saturated rings. The first-order valence-electron chi connectivity index (χ1n) is 6.41. The minimum Gasteiger partial charge on any atom is -0.508 e. The van der Waals surface area contributed by atoms with Crippen molar-refractivity contribution in [3.05, 3.63) is 47.5 Å². The number of carbonyl (C=O) groups excluding carboxylic acids is 1. The Morgan fingerprint density at radius 3 is 2.43 bits per heavy atom. The molecule has 0 saturated carbocycles. The van der Waals surface area contributed by atoms with E-state index in [0.29, 0.717) is 11.1 Å². The van der Waals surface area contributed by atoms with Gasteiger partial charge in [0.15, 0.2) is 10.6 Å². The number of hydrogen-bond acceptors (Lipinski definition) is 3. The van der Waals surface area contributed by atoms with Crippen LogP contribution in [-0.4, -0.2) is 20.8 Å². The van der Waals surface area contributed by atoms with E-state index in [9.17, 15) is 15.0 Å². The molecule has 0 heterocycles. The van der Waals surface area contributed by atoms with E-state index < -0.39 is 10.6 Å². The van der Waals surface area contributed by atoms with Gasteiger partial charge in [-0.25, -0.2) is 0 Å². The highest BCUT2D eigenvalue weighted by Crippen LogP contribution is 2.35. The number of Topliss-reactive ketones (excluding diaryl/α,β-unsaturated/α-hetero) is 1. The van der Waals surface area contributed by atoms with E-state index >= 15 is 0 Å². The number of aromatic hydroxyl groups is 2. The Balaban J connectivity index is 2.66. The van der Waals surface area contributed by atoms with Crippen LogP contribution in [0, 0.1) is 0 Å². The number of benzene rings is 2. The summed E-state index contributed by atoms with van der Waals surface area (Å²) >= 11 is 11.3. The average molecular weight is 325 g/mol. The van der Waals surface area contributed by atoms with Gasteiger partial charge in [-0.2, -0.15) is 0 Å².